The minimum absolute atomic E-state index is 0.0170. The van der Waals surface area contributed by atoms with Gasteiger partial charge in [-0.1, -0.05) is 26.7 Å². The lowest BCUT2D eigenvalue weighted by atomic mass is 9.83. The van der Waals surface area contributed by atoms with E-state index in [0.717, 1.165) is 30.9 Å². The maximum absolute atomic E-state index is 12.4. The Morgan fingerprint density at radius 2 is 2.00 bits per heavy atom. The molecule has 1 aromatic rings. The van der Waals surface area contributed by atoms with Gasteiger partial charge in [0.2, 0.25) is 0 Å². The molecule has 2 N–H and O–H groups in total. The molecular formula is C17H27N3O. The molecule has 0 aliphatic heterocycles. The van der Waals surface area contributed by atoms with Gasteiger partial charge in [-0.3, -0.25) is 4.79 Å². The zero-order valence-electron chi connectivity index (χ0n) is 13.5. The summed E-state index contributed by atoms with van der Waals surface area (Å²) >= 11 is 0. The average Bonchev–Trinajstić information content (AvgIpc) is 3.01. The molecule has 0 unspecified atom stereocenters. The standard InChI is InChI=1S/C17H27N3O/c1-4-14-10-13(11-15(18-3)20-14)16(21)19-12-17(5-2)8-6-7-9-17/h10-11H,4-9,12H2,1-3H3,(H,18,20)(H,19,21). The smallest absolute Gasteiger partial charge is 0.251 e. The van der Waals surface area contributed by atoms with Crippen LogP contribution in [0, 0.1) is 5.41 Å². The van der Waals surface area contributed by atoms with Crippen molar-refractivity contribution in [2.24, 2.45) is 5.41 Å². The number of anilines is 1. The Bertz CT molecular complexity index is 471. The molecule has 0 radical (unpaired) electrons. The minimum Gasteiger partial charge on any atom is -0.373 e. The van der Waals surface area contributed by atoms with Crippen LogP contribution in [0.4, 0.5) is 5.82 Å². The number of nitrogens with zero attached hydrogens (tertiary/aromatic N) is 1. The van der Waals surface area contributed by atoms with Crippen molar-refractivity contribution in [1.82, 2.24) is 10.3 Å². The van der Waals surface area contributed by atoms with E-state index in [0.29, 0.717) is 11.0 Å². The monoisotopic (exact) mass is 289 g/mol. The molecule has 0 aromatic carbocycles. The van der Waals surface area contributed by atoms with Crippen molar-refractivity contribution in [1.29, 1.82) is 0 Å². The van der Waals surface area contributed by atoms with Gasteiger partial charge in [0, 0.05) is 24.8 Å². The zero-order chi connectivity index (χ0) is 15.3. The molecule has 4 nitrogen and oxygen atoms in total. The molecular weight excluding hydrogens is 262 g/mol. The van der Waals surface area contributed by atoms with Crippen LogP contribution >= 0.6 is 0 Å². The molecule has 1 fully saturated rings. The number of pyridine rings is 1. The summed E-state index contributed by atoms with van der Waals surface area (Å²) in [6.45, 7) is 5.08. The van der Waals surface area contributed by atoms with Crippen molar-refractivity contribution in [3.8, 4) is 0 Å². The molecule has 4 heteroatoms. The van der Waals surface area contributed by atoms with Gasteiger partial charge in [-0.2, -0.15) is 0 Å². The summed E-state index contributed by atoms with van der Waals surface area (Å²) in [6.07, 6.45) is 7.04. The van der Waals surface area contributed by atoms with Crippen LogP contribution in [0.15, 0.2) is 12.1 Å². The zero-order valence-corrected chi connectivity index (χ0v) is 13.5. The van der Waals surface area contributed by atoms with Crippen LogP contribution in [0.25, 0.3) is 0 Å². The molecule has 1 heterocycles. The largest absolute Gasteiger partial charge is 0.373 e. The topological polar surface area (TPSA) is 54.0 Å². The second-order valence-corrected chi connectivity index (χ2v) is 6.08. The van der Waals surface area contributed by atoms with Crippen molar-refractivity contribution < 1.29 is 4.79 Å². The van der Waals surface area contributed by atoms with E-state index in [2.05, 4.69) is 22.5 Å². The molecule has 0 atom stereocenters. The first-order chi connectivity index (χ1) is 10.1. The molecule has 1 aromatic heterocycles. The Kier molecular flexibility index (Phi) is 5.21. The highest BCUT2D eigenvalue weighted by Gasteiger charge is 2.32. The van der Waals surface area contributed by atoms with Crippen LogP contribution in [-0.2, 0) is 6.42 Å². The van der Waals surface area contributed by atoms with Gasteiger partial charge in [-0.05, 0) is 43.2 Å². The number of carbonyl (C=O) groups is 1. The summed E-state index contributed by atoms with van der Waals surface area (Å²) in [7, 11) is 1.83. The lowest BCUT2D eigenvalue weighted by molar-refractivity contribution is 0.0928. The Morgan fingerprint density at radius 3 is 2.57 bits per heavy atom. The number of nitrogens with one attached hydrogen (secondary N) is 2. The molecule has 1 aliphatic rings. The highest BCUT2D eigenvalue weighted by atomic mass is 16.1. The predicted octanol–water partition coefficient (Wildman–Crippen LogP) is 3.39. The molecule has 1 amide bonds. The maximum atomic E-state index is 12.4. The number of amides is 1. The first-order valence-corrected chi connectivity index (χ1v) is 8.09. The van der Waals surface area contributed by atoms with Crippen molar-refractivity contribution in [2.45, 2.75) is 52.4 Å². The summed E-state index contributed by atoms with van der Waals surface area (Å²) in [6, 6.07) is 3.71. The molecule has 0 bridgehead atoms. The fourth-order valence-electron chi connectivity index (χ4n) is 3.18. The lowest BCUT2D eigenvalue weighted by Crippen LogP contribution is -2.35. The first-order valence-electron chi connectivity index (χ1n) is 8.09. The third-order valence-corrected chi connectivity index (χ3v) is 4.80. The van der Waals surface area contributed by atoms with Gasteiger partial charge in [0.25, 0.3) is 5.91 Å². The van der Waals surface area contributed by atoms with E-state index in [9.17, 15) is 4.79 Å². The number of aromatic nitrogens is 1. The van der Waals surface area contributed by atoms with Gasteiger partial charge < -0.3 is 10.6 Å². The second-order valence-electron chi connectivity index (χ2n) is 6.08. The second kappa shape index (κ2) is 6.92. The number of hydrogen-bond donors (Lipinski definition) is 2. The molecule has 0 saturated heterocycles. The number of aryl methyl sites for hydroxylation is 1. The fraction of sp³-hybridized carbons (Fsp3) is 0.647. The molecule has 1 aliphatic carbocycles. The first kappa shape index (κ1) is 15.8. The summed E-state index contributed by atoms with van der Waals surface area (Å²) in [4.78, 5) is 16.9. The quantitative estimate of drug-likeness (QED) is 0.844. The van der Waals surface area contributed by atoms with E-state index >= 15 is 0 Å². The van der Waals surface area contributed by atoms with Crippen molar-refractivity contribution in [3.05, 3.63) is 23.4 Å². The van der Waals surface area contributed by atoms with E-state index < -0.39 is 0 Å². The summed E-state index contributed by atoms with van der Waals surface area (Å²) in [5.74, 6) is 0.772. The lowest BCUT2D eigenvalue weighted by Gasteiger charge is -2.27. The van der Waals surface area contributed by atoms with Crippen LogP contribution in [0.2, 0.25) is 0 Å². The van der Waals surface area contributed by atoms with Gasteiger partial charge in [0.15, 0.2) is 0 Å². The van der Waals surface area contributed by atoms with Gasteiger partial charge in [-0.25, -0.2) is 4.98 Å². The van der Waals surface area contributed by atoms with E-state index in [-0.39, 0.29) is 5.91 Å². The van der Waals surface area contributed by atoms with E-state index in [1.165, 1.54) is 25.7 Å². The van der Waals surface area contributed by atoms with Gasteiger partial charge in [0.1, 0.15) is 5.82 Å². The normalized spacial score (nSPS) is 16.7. The number of hydrogen-bond acceptors (Lipinski definition) is 3. The minimum atomic E-state index is 0.0170. The van der Waals surface area contributed by atoms with Crippen molar-refractivity contribution >= 4 is 11.7 Å². The SMILES string of the molecule is CCc1cc(C(=O)NCC2(CC)CCCC2)cc(NC)n1. The van der Waals surface area contributed by atoms with Crippen LogP contribution in [0.5, 0.6) is 0 Å². The third-order valence-electron chi connectivity index (χ3n) is 4.80. The van der Waals surface area contributed by atoms with Gasteiger partial charge >= 0.3 is 0 Å². The average molecular weight is 289 g/mol. The van der Waals surface area contributed by atoms with Crippen LogP contribution in [-0.4, -0.2) is 24.5 Å². The number of rotatable bonds is 6. The van der Waals surface area contributed by atoms with Crippen LogP contribution in [0.3, 0.4) is 0 Å². The highest BCUT2D eigenvalue weighted by molar-refractivity contribution is 5.95. The molecule has 2 rings (SSSR count). The maximum Gasteiger partial charge on any atom is 0.251 e. The van der Waals surface area contributed by atoms with Gasteiger partial charge in [-0.15, -0.1) is 0 Å². The summed E-state index contributed by atoms with van der Waals surface area (Å²) in [5.41, 5.74) is 1.97. The highest BCUT2D eigenvalue weighted by Crippen LogP contribution is 2.40. The van der Waals surface area contributed by atoms with Gasteiger partial charge in [0.05, 0.1) is 0 Å². The Balaban J connectivity index is 2.06. The van der Waals surface area contributed by atoms with E-state index in [4.69, 9.17) is 0 Å². The Morgan fingerprint density at radius 1 is 1.29 bits per heavy atom. The Hall–Kier alpha value is -1.58. The van der Waals surface area contributed by atoms with Crippen LogP contribution < -0.4 is 10.6 Å². The van der Waals surface area contributed by atoms with E-state index in [1.807, 2.05) is 26.1 Å². The van der Waals surface area contributed by atoms with Crippen LogP contribution in [0.1, 0.15) is 62.0 Å². The number of carbonyl (C=O) groups excluding carboxylic acids is 1. The summed E-state index contributed by atoms with van der Waals surface area (Å²) in [5, 5.41) is 6.16. The van der Waals surface area contributed by atoms with E-state index in [1.54, 1.807) is 0 Å². The molecule has 116 valence electrons. The predicted molar refractivity (Wildman–Crippen MR) is 86.7 cm³/mol. The van der Waals surface area contributed by atoms with Crippen molar-refractivity contribution in [3.63, 3.8) is 0 Å². The Labute approximate surface area is 127 Å². The van der Waals surface area contributed by atoms with Crippen molar-refractivity contribution in [2.75, 3.05) is 18.9 Å². The molecule has 21 heavy (non-hydrogen) atoms. The third kappa shape index (κ3) is 3.74. The molecule has 0 spiro atoms. The summed E-state index contributed by atoms with van der Waals surface area (Å²) < 4.78 is 0. The molecule has 1 saturated carbocycles. The fourth-order valence-corrected chi connectivity index (χ4v) is 3.18.